The highest BCUT2D eigenvalue weighted by Gasteiger charge is 2.14. The predicted molar refractivity (Wildman–Crippen MR) is 106 cm³/mol. The molecular weight excluding hydrogens is 338 g/mol. The molecule has 0 radical (unpaired) electrons. The van der Waals surface area contributed by atoms with Crippen molar-refractivity contribution < 1.29 is 4.79 Å². The van der Waals surface area contributed by atoms with Crippen LogP contribution in [0.2, 0.25) is 0 Å². The number of nitrogens with one attached hydrogen (secondary N) is 1. The molecule has 140 valence electrons. The monoisotopic (exact) mass is 363 g/mol. The van der Waals surface area contributed by atoms with Crippen LogP contribution in [0, 0.1) is 0 Å². The highest BCUT2D eigenvalue weighted by Crippen LogP contribution is 2.11. The fourth-order valence-electron chi connectivity index (χ4n) is 2.70. The summed E-state index contributed by atoms with van der Waals surface area (Å²) in [6.07, 6.45) is 1.77. The molecular formula is C21H25N5O. The largest absolute Gasteiger partial charge is 0.339 e. The average Bonchev–Trinajstić information content (AvgIpc) is 3.16. The molecule has 0 fully saturated rings. The SMILES string of the molecule is CC(C)N(C)C(=O)c1ccc(CNCc2cnnn2-c2ccccc2)cc1. The third-order valence-corrected chi connectivity index (χ3v) is 4.55. The molecule has 6 nitrogen and oxygen atoms in total. The molecule has 1 aromatic heterocycles. The Labute approximate surface area is 159 Å². The lowest BCUT2D eigenvalue weighted by Crippen LogP contribution is -2.32. The molecule has 0 saturated heterocycles. The minimum Gasteiger partial charge on any atom is -0.339 e. The van der Waals surface area contributed by atoms with Crippen LogP contribution in [0.5, 0.6) is 0 Å². The second-order valence-corrected chi connectivity index (χ2v) is 6.78. The number of hydrogen-bond donors (Lipinski definition) is 1. The van der Waals surface area contributed by atoms with E-state index < -0.39 is 0 Å². The molecule has 1 amide bonds. The van der Waals surface area contributed by atoms with Gasteiger partial charge < -0.3 is 10.2 Å². The molecule has 1 N–H and O–H groups in total. The number of nitrogens with zero attached hydrogens (tertiary/aromatic N) is 4. The number of aromatic nitrogens is 3. The molecule has 0 spiro atoms. The molecule has 0 aliphatic rings. The first-order chi connectivity index (χ1) is 13.1. The molecule has 3 rings (SSSR count). The van der Waals surface area contributed by atoms with Crippen LogP contribution in [-0.2, 0) is 13.1 Å². The minimum absolute atomic E-state index is 0.0438. The Morgan fingerprint density at radius 2 is 1.78 bits per heavy atom. The first-order valence-electron chi connectivity index (χ1n) is 9.08. The van der Waals surface area contributed by atoms with Gasteiger partial charge >= 0.3 is 0 Å². The maximum atomic E-state index is 12.3. The van der Waals surface area contributed by atoms with Crippen LogP contribution >= 0.6 is 0 Å². The Balaban J connectivity index is 1.58. The van der Waals surface area contributed by atoms with Crippen LogP contribution in [0.1, 0.15) is 35.5 Å². The van der Waals surface area contributed by atoms with E-state index in [1.807, 2.05) is 80.2 Å². The zero-order chi connectivity index (χ0) is 19.2. The molecule has 3 aromatic rings. The van der Waals surface area contributed by atoms with Crippen LogP contribution < -0.4 is 5.32 Å². The van der Waals surface area contributed by atoms with E-state index in [1.54, 1.807) is 11.1 Å². The molecule has 0 bridgehead atoms. The number of amides is 1. The van der Waals surface area contributed by atoms with Gasteiger partial charge in [-0.2, -0.15) is 0 Å². The van der Waals surface area contributed by atoms with Gasteiger partial charge in [-0.1, -0.05) is 35.5 Å². The molecule has 0 aliphatic heterocycles. The van der Waals surface area contributed by atoms with Crippen molar-refractivity contribution >= 4 is 5.91 Å². The molecule has 0 saturated carbocycles. The van der Waals surface area contributed by atoms with Crippen molar-refractivity contribution in [2.24, 2.45) is 0 Å². The van der Waals surface area contributed by atoms with Crippen LogP contribution in [0.3, 0.4) is 0 Å². The van der Waals surface area contributed by atoms with E-state index in [0.717, 1.165) is 16.9 Å². The number of hydrogen-bond acceptors (Lipinski definition) is 4. The van der Waals surface area contributed by atoms with Gasteiger partial charge in [0, 0.05) is 31.7 Å². The number of carbonyl (C=O) groups is 1. The van der Waals surface area contributed by atoms with Gasteiger partial charge in [-0.3, -0.25) is 4.79 Å². The van der Waals surface area contributed by atoms with Crippen molar-refractivity contribution in [2.75, 3.05) is 7.05 Å². The Morgan fingerprint density at radius 1 is 1.07 bits per heavy atom. The summed E-state index contributed by atoms with van der Waals surface area (Å²) in [5.41, 5.74) is 3.81. The first kappa shape index (κ1) is 18.8. The van der Waals surface area contributed by atoms with Gasteiger partial charge in [-0.15, -0.1) is 5.10 Å². The zero-order valence-electron chi connectivity index (χ0n) is 16.0. The number of benzene rings is 2. The lowest BCUT2D eigenvalue weighted by atomic mass is 10.1. The Hall–Kier alpha value is -2.99. The lowest BCUT2D eigenvalue weighted by molar-refractivity contribution is 0.0755. The molecule has 0 aliphatic carbocycles. The van der Waals surface area contributed by atoms with Crippen molar-refractivity contribution in [3.8, 4) is 5.69 Å². The maximum absolute atomic E-state index is 12.3. The molecule has 27 heavy (non-hydrogen) atoms. The van der Waals surface area contributed by atoms with E-state index in [2.05, 4.69) is 15.6 Å². The predicted octanol–water partition coefficient (Wildman–Crippen LogP) is 3.04. The van der Waals surface area contributed by atoms with Gasteiger partial charge in [0.15, 0.2) is 0 Å². The normalized spacial score (nSPS) is 11.0. The maximum Gasteiger partial charge on any atom is 0.253 e. The number of rotatable bonds is 7. The van der Waals surface area contributed by atoms with Gasteiger partial charge in [0.25, 0.3) is 5.91 Å². The smallest absolute Gasteiger partial charge is 0.253 e. The Morgan fingerprint density at radius 3 is 2.44 bits per heavy atom. The summed E-state index contributed by atoms with van der Waals surface area (Å²) in [7, 11) is 1.83. The summed E-state index contributed by atoms with van der Waals surface area (Å²) < 4.78 is 1.83. The summed E-state index contributed by atoms with van der Waals surface area (Å²) >= 11 is 0. The summed E-state index contributed by atoms with van der Waals surface area (Å²) in [5.74, 6) is 0.0438. The van der Waals surface area contributed by atoms with Crippen LogP contribution in [0.4, 0.5) is 0 Å². The van der Waals surface area contributed by atoms with Gasteiger partial charge in [-0.25, -0.2) is 4.68 Å². The van der Waals surface area contributed by atoms with Gasteiger partial charge in [0.2, 0.25) is 0 Å². The quantitative estimate of drug-likeness (QED) is 0.701. The zero-order valence-corrected chi connectivity index (χ0v) is 16.0. The van der Waals surface area contributed by atoms with Crippen molar-refractivity contribution in [3.63, 3.8) is 0 Å². The van der Waals surface area contributed by atoms with Gasteiger partial charge in [0.1, 0.15) is 0 Å². The standard InChI is InChI=1S/C21H25N5O/c1-16(2)25(3)21(27)18-11-9-17(10-12-18)13-22-14-20-15-23-24-26(20)19-7-5-4-6-8-19/h4-12,15-16,22H,13-14H2,1-3H3. The Kier molecular flexibility index (Phi) is 5.98. The van der Waals surface area contributed by atoms with Crippen molar-refractivity contribution in [2.45, 2.75) is 33.0 Å². The third kappa shape index (κ3) is 4.60. The van der Waals surface area contributed by atoms with E-state index >= 15 is 0 Å². The fraction of sp³-hybridized carbons (Fsp3) is 0.286. The minimum atomic E-state index is 0.0438. The van der Waals surface area contributed by atoms with Crippen molar-refractivity contribution in [1.29, 1.82) is 0 Å². The summed E-state index contributed by atoms with van der Waals surface area (Å²) in [4.78, 5) is 14.1. The summed E-state index contributed by atoms with van der Waals surface area (Å²) in [6, 6.07) is 17.9. The van der Waals surface area contributed by atoms with E-state index in [-0.39, 0.29) is 11.9 Å². The fourth-order valence-corrected chi connectivity index (χ4v) is 2.70. The van der Waals surface area contributed by atoms with E-state index in [4.69, 9.17) is 0 Å². The summed E-state index contributed by atoms with van der Waals surface area (Å²) in [6.45, 7) is 5.36. The molecule has 1 heterocycles. The van der Waals surface area contributed by atoms with E-state index in [0.29, 0.717) is 18.7 Å². The van der Waals surface area contributed by atoms with Gasteiger partial charge in [-0.05, 0) is 43.7 Å². The van der Waals surface area contributed by atoms with Gasteiger partial charge in [0.05, 0.1) is 17.6 Å². The number of carbonyl (C=O) groups excluding carboxylic acids is 1. The summed E-state index contributed by atoms with van der Waals surface area (Å²) in [5, 5.41) is 11.6. The molecule has 0 atom stereocenters. The topological polar surface area (TPSA) is 63.1 Å². The molecule has 0 unspecified atom stereocenters. The first-order valence-corrected chi connectivity index (χ1v) is 9.08. The lowest BCUT2D eigenvalue weighted by Gasteiger charge is -2.21. The highest BCUT2D eigenvalue weighted by molar-refractivity contribution is 5.94. The van der Waals surface area contributed by atoms with Crippen molar-refractivity contribution in [3.05, 3.63) is 77.6 Å². The van der Waals surface area contributed by atoms with Crippen LogP contribution in [-0.4, -0.2) is 38.9 Å². The number of para-hydroxylation sites is 1. The van der Waals surface area contributed by atoms with Crippen LogP contribution in [0.25, 0.3) is 5.69 Å². The van der Waals surface area contributed by atoms with E-state index in [9.17, 15) is 4.79 Å². The third-order valence-electron chi connectivity index (χ3n) is 4.55. The van der Waals surface area contributed by atoms with Crippen LogP contribution in [0.15, 0.2) is 60.8 Å². The average molecular weight is 363 g/mol. The second kappa shape index (κ2) is 8.60. The highest BCUT2D eigenvalue weighted by atomic mass is 16.2. The molecule has 6 heteroatoms. The molecule has 2 aromatic carbocycles. The second-order valence-electron chi connectivity index (χ2n) is 6.78. The van der Waals surface area contributed by atoms with Crippen molar-refractivity contribution in [1.82, 2.24) is 25.2 Å². The Bertz CT molecular complexity index is 871. The van der Waals surface area contributed by atoms with E-state index in [1.165, 1.54) is 0 Å².